The minimum absolute atomic E-state index is 0.0751. The summed E-state index contributed by atoms with van der Waals surface area (Å²) in [6, 6.07) is 6.12. The van der Waals surface area contributed by atoms with Crippen molar-refractivity contribution in [1.29, 1.82) is 0 Å². The van der Waals surface area contributed by atoms with Crippen LogP contribution in [0.25, 0.3) is 0 Å². The molecule has 2 heterocycles. The summed E-state index contributed by atoms with van der Waals surface area (Å²) in [5.74, 6) is -0.0751. The van der Waals surface area contributed by atoms with Crippen molar-refractivity contribution in [2.75, 3.05) is 33.3 Å². The summed E-state index contributed by atoms with van der Waals surface area (Å²) in [5.41, 5.74) is -0.245. The fourth-order valence-electron chi connectivity index (χ4n) is 4.22. The first-order valence-electron chi connectivity index (χ1n) is 10.2. The smallest absolute Gasteiger partial charge is 0.245 e. The van der Waals surface area contributed by atoms with Gasteiger partial charge < -0.3 is 15.4 Å². The van der Waals surface area contributed by atoms with E-state index in [1.165, 1.54) is 6.92 Å². The van der Waals surface area contributed by atoms with Gasteiger partial charge in [0, 0.05) is 18.4 Å². The number of ether oxygens (including phenoxy) is 1. The lowest BCUT2D eigenvalue weighted by Gasteiger charge is -2.41. The van der Waals surface area contributed by atoms with E-state index in [0.29, 0.717) is 25.0 Å². The lowest BCUT2D eigenvalue weighted by atomic mass is 10.0. The predicted octanol–water partition coefficient (Wildman–Crippen LogP) is 0.722. The van der Waals surface area contributed by atoms with Gasteiger partial charge in [-0.15, -0.1) is 0 Å². The van der Waals surface area contributed by atoms with Gasteiger partial charge in [0.1, 0.15) is 5.72 Å². The molecular formula is C20H32N3O4S+. The molecule has 156 valence electrons. The van der Waals surface area contributed by atoms with Crippen LogP contribution in [-0.2, 0) is 14.8 Å². The van der Waals surface area contributed by atoms with Crippen molar-refractivity contribution in [2.24, 2.45) is 0 Å². The zero-order valence-electron chi connectivity index (χ0n) is 16.8. The molecule has 1 atom stereocenters. The Kier molecular flexibility index (Phi) is 6.88. The van der Waals surface area contributed by atoms with E-state index < -0.39 is 15.7 Å². The van der Waals surface area contributed by atoms with Crippen molar-refractivity contribution in [3.05, 3.63) is 29.8 Å². The summed E-state index contributed by atoms with van der Waals surface area (Å²) in [6.45, 7) is 4.45. The minimum atomic E-state index is -3.72. The van der Waals surface area contributed by atoms with Crippen LogP contribution in [0.4, 0.5) is 0 Å². The fourth-order valence-corrected chi connectivity index (χ4v) is 6.16. The molecule has 2 aliphatic rings. The van der Waals surface area contributed by atoms with Gasteiger partial charge in [0.05, 0.1) is 31.1 Å². The molecule has 3 N–H and O–H groups in total. The van der Waals surface area contributed by atoms with Crippen LogP contribution in [-0.4, -0.2) is 63.6 Å². The number of piperidine rings is 1. The van der Waals surface area contributed by atoms with Crippen LogP contribution < -0.4 is 10.6 Å². The Hall–Kier alpha value is -1.32. The number of carbonyl (C=O) groups is 1. The monoisotopic (exact) mass is 410 g/mol. The quantitative estimate of drug-likeness (QED) is 0.487. The summed E-state index contributed by atoms with van der Waals surface area (Å²) in [5, 5.41) is 5.44. The lowest BCUT2D eigenvalue weighted by molar-refractivity contribution is -0.627. The summed E-state index contributed by atoms with van der Waals surface area (Å²) in [6.07, 6.45) is 4.13. The number of hydrogen-bond acceptors (Lipinski definition) is 5. The molecule has 1 unspecified atom stereocenters. The van der Waals surface area contributed by atoms with Crippen LogP contribution in [0.15, 0.2) is 29.2 Å². The van der Waals surface area contributed by atoms with E-state index in [4.69, 9.17) is 4.74 Å². The number of unbranched alkanes of at least 4 members (excludes halogenated alkanes) is 1. The van der Waals surface area contributed by atoms with Crippen LogP contribution in [0.1, 0.15) is 49.4 Å². The van der Waals surface area contributed by atoms with Crippen molar-refractivity contribution >= 4 is 15.8 Å². The highest BCUT2D eigenvalue weighted by Crippen LogP contribution is 2.41. The molecule has 1 spiro atoms. The number of hydrogen-bond donors (Lipinski definition) is 2. The fraction of sp³-hybridized carbons (Fsp3) is 0.650. The largest absolute Gasteiger partial charge is 0.358 e. The van der Waals surface area contributed by atoms with Crippen molar-refractivity contribution in [3.8, 4) is 0 Å². The first kappa shape index (κ1) is 21.4. The molecule has 3 rings (SSSR count). The van der Waals surface area contributed by atoms with Crippen molar-refractivity contribution in [1.82, 2.24) is 9.62 Å². The van der Waals surface area contributed by atoms with Crippen LogP contribution in [0.5, 0.6) is 0 Å². The van der Waals surface area contributed by atoms with Crippen LogP contribution in [0.3, 0.4) is 0 Å². The minimum Gasteiger partial charge on any atom is -0.358 e. The molecule has 0 amide bonds. The second-order valence-corrected chi connectivity index (χ2v) is 9.55. The number of Topliss-reactive ketones (excluding diaryl/α,β-unsaturated/α-hetero) is 1. The third-order valence-electron chi connectivity index (χ3n) is 5.76. The summed E-state index contributed by atoms with van der Waals surface area (Å²) in [4.78, 5) is 11.8. The number of quaternary nitrogens is 1. The summed E-state index contributed by atoms with van der Waals surface area (Å²) < 4.78 is 35.1. The highest BCUT2D eigenvalue weighted by Gasteiger charge is 2.53. The number of nitrogens with two attached hydrogens (primary N) is 1. The maximum Gasteiger partial charge on any atom is 0.245 e. The van der Waals surface area contributed by atoms with Crippen molar-refractivity contribution in [3.63, 3.8) is 0 Å². The molecule has 0 saturated carbocycles. The molecule has 28 heavy (non-hydrogen) atoms. The molecule has 8 heteroatoms. The molecule has 7 nitrogen and oxygen atoms in total. The van der Waals surface area contributed by atoms with Gasteiger partial charge in [0.15, 0.2) is 5.78 Å². The number of nitrogens with one attached hydrogen (secondary N) is 1. The van der Waals surface area contributed by atoms with Crippen LogP contribution in [0, 0.1) is 0 Å². The highest BCUT2D eigenvalue weighted by molar-refractivity contribution is 7.89. The zero-order chi connectivity index (χ0) is 20.2. The van der Waals surface area contributed by atoms with E-state index in [-0.39, 0.29) is 16.7 Å². The Balaban J connectivity index is 1.89. The van der Waals surface area contributed by atoms with Gasteiger partial charge in [0.25, 0.3) is 0 Å². The third kappa shape index (κ3) is 4.31. The van der Waals surface area contributed by atoms with Gasteiger partial charge in [-0.3, -0.25) is 4.79 Å². The van der Waals surface area contributed by atoms with Crippen molar-refractivity contribution in [2.45, 2.75) is 55.7 Å². The second kappa shape index (κ2) is 9.00. The Morgan fingerprint density at radius 2 is 1.93 bits per heavy atom. The summed E-state index contributed by atoms with van der Waals surface area (Å²) >= 11 is 0. The number of carbonyl (C=O) groups excluding carboxylic acids is 1. The number of sulfonamides is 1. The SMILES string of the molecule is C[NH2+]CCCCC1COC2(CCNCC2)N1S(=O)(=O)c1ccc(C(C)=O)cc1. The summed E-state index contributed by atoms with van der Waals surface area (Å²) in [7, 11) is -1.67. The van der Waals surface area contributed by atoms with E-state index in [9.17, 15) is 13.2 Å². The molecule has 2 aliphatic heterocycles. The van der Waals surface area contributed by atoms with Crippen molar-refractivity contribution < 1.29 is 23.3 Å². The molecule has 0 radical (unpaired) electrons. The number of benzene rings is 1. The molecule has 0 bridgehead atoms. The normalized spacial score (nSPS) is 22.6. The predicted molar refractivity (Wildman–Crippen MR) is 107 cm³/mol. The molecule has 0 aliphatic carbocycles. The molecular weight excluding hydrogens is 378 g/mol. The van der Waals surface area contributed by atoms with E-state index in [2.05, 4.69) is 10.6 Å². The molecule has 1 aromatic rings. The highest BCUT2D eigenvalue weighted by atomic mass is 32.2. The first-order valence-corrected chi connectivity index (χ1v) is 11.6. The molecule has 2 fully saturated rings. The Morgan fingerprint density at radius 1 is 1.25 bits per heavy atom. The Morgan fingerprint density at radius 3 is 2.54 bits per heavy atom. The third-order valence-corrected chi connectivity index (χ3v) is 7.78. The lowest BCUT2D eigenvalue weighted by Crippen LogP contribution is -2.79. The first-order chi connectivity index (χ1) is 13.4. The molecule has 0 aromatic heterocycles. The van der Waals surface area contributed by atoms with E-state index in [1.807, 2.05) is 7.05 Å². The topological polar surface area (TPSA) is 92.3 Å². The second-order valence-electron chi connectivity index (χ2n) is 7.74. The standard InChI is InChI=1S/C20H31N3O4S/c1-16(24)17-6-8-19(9-7-17)28(25,26)23-18(5-3-4-12-21-2)15-27-20(23)10-13-22-14-11-20/h6-9,18,21-22H,3-5,10-15H2,1-2H3/p+1. The zero-order valence-corrected chi connectivity index (χ0v) is 17.6. The number of ketones is 1. The van der Waals surface area contributed by atoms with Gasteiger partial charge in [-0.05, 0) is 51.4 Å². The van der Waals surface area contributed by atoms with Crippen LogP contribution >= 0.6 is 0 Å². The average Bonchev–Trinajstić information content (AvgIpc) is 3.04. The molecule has 1 aromatic carbocycles. The van der Waals surface area contributed by atoms with E-state index in [1.54, 1.807) is 28.6 Å². The van der Waals surface area contributed by atoms with E-state index in [0.717, 1.165) is 38.9 Å². The Labute approximate surface area is 167 Å². The van der Waals surface area contributed by atoms with Crippen LogP contribution in [0.2, 0.25) is 0 Å². The average molecular weight is 411 g/mol. The number of rotatable bonds is 8. The Bertz CT molecular complexity index is 773. The molecule has 2 saturated heterocycles. The number of nitrogens with zero attached hydrogens (tertiary/aromatic N) is 1. The van der Waals surface area contributed by atoms with Gasteiger partial charge in [-0.25, -0.2) is 8.42 Å². The maximum atomic E-state index is 13.6. The van der Waals surface area contributed by atoms with Gasteiger partial charge in [0.2, 0.25) is 10.0 Å². The maximum absolute atomic E-state index is 13.6. The van der Waals surface area contributed by atoms with Gasteiger partial charge >= 0.3 is 0 Å². The van der Waals surface area contributed by atoms with E-state index >= 15 is 0 Å². The van der Waals surface area contributed by atoms with Gasteiger partial charge in [-0.2, -0.15) is 4.31 Å². The van der Waals surface area contributed by atoms with Gasteiger partial charge in [-0.1, -0.05) is 12.1 Å².